The lowest BCUT2D eigenvalue weighted by Gasteiger charge is -2.32. The number of sulfonamides is 1. The minimum Gasteiger partial charge on any atom is -0.464 e. The number of hydrogen-bond donors (Lipinski definition) is 0. The maximum atomic E-state index is 13.5. The minimum atomic E-state index is -3.94. The Morgan fingerprint density at radius 3 is 2.45 bits per heavy atom. The number of nitrogens with zero attached hydrogens (tertiary/aromatic N) is 2. The lowest BCUT2D eigenvalue weighted by molar-refractivity contribution is -0.136. The van der Waals surface area contributed by atoms with Crippen LogP contribution in [0.15, 0.2) is 39.6 Å². The van der Waals surface area contributed by atoms with Crippen molar-refractivity contribution in [3.63, 3.8) is 0 Å². The van der Waals surface area contributed by atoms with E-state index in [1.54, 1.807) is 11.9 Å². The van der Waals surface area contributed by atoms with Gasteiger partial charge in [-0.2, -0.15) is 4.31 Å². The van der Waals surface area contributed by atoms with Crippen LogP contribution >= 0.6 is 0 Å². The van der Waals surface area contributed by atoms with Gasteiger partial charge in [-0.1, -0.05) is 6.92 Å². The number of rotatable bonds is 6. The molecule has 1 aliphatic carbocycles. The molecule has 0 spiro atoms. The van der Waals surface area contributed by atoms with Crippen molar-refractivity contribution in [3.05, 3.63) is 53.5 Å². The molecule has 0 N–H and O–H groups in total. The van der Waals surface area contributed by atoms with Gasteiger partial charge in [0.1, 0.15) is 11.5 Å². The fourth-order valence-corrected chi connectivity index (χ4v) is 5.63. The highest BCUT2D eigenvalue weighted by molar-refractivity contribution is 7.89. The summed E-state index contributed by atoms with van der Waals surface area (Å²) in [6.07, 6.45) is 1.87. The predicted molar refractivity (Wildman–Crippen MR) is 110 cm³/mol. The monoisotopic (exact) mass is 452 g/mol. The average Bonchev–Trinajstić information content (AvgIpc) is 3.30. The van der Waals surface area contributed by atoms with Gasteiger partial charge in [-0.3, -0.25) is 4.79 Å². The molecule has 1 saturated heterocycles. The number of carbonyl (C=O) groups excluding carboxylic acids is 1. The van der Waals surface area contributed by atoms with Gasteiger partial charge in [0.15, 0.2) is 11.6 Å². The average molecular weight is 453 g/mol. The molecular formula is C22H26F2N2O4S. The van der Waals surface area contributed by atoms with Crippen LogP contribution in [0.3, 0.4) is 0 Å². The van der Waals surface area contributed by atoms with Gasteiger partial charge in [0.25, 0.3) is 0 Å². The summed E-state index contributed by atoms with van der Waals surface area (Å²) in [5.41, 5.74) is 0. The normalized spacial score (nSPS) is 22.5. The number of carbonyl (C=O) groups is 1. The Morgan fingerprint density at radius 1 is 1.16 bits per heavy atom. The van der Waals surface area contributed by atoms with Crippen LogP contribution in [0.4, 0.5) is 8.78 Å². The van der Waals surface area contributed by atoms with Gasteiger partial charge in [0.05, 0.1) is 11.4 Å². The van der Waals surface area contributed by atoms with Gasteiger partial charge in [-0.15, -0.1) is 0 Å². The van der Waals surface area contributed by atoms with Crippen molar-refractivity contribution >= 4 is 15.9 Å². The van der Waals surface area contributed by atoms with Crippen LogP contribution < -0.4 is 0 Å². The van der Waals surface area contributed by atoms with E-state index in [-0.39, 0.29) is 29.8 Å². The van der Waals surface area contributed by atoms with Crippen molar-refractivity contribution in [3.8, 4) is 0 Å². The molecule has 2 heterocycles. The first-order valence-corrected chi connectivity index (χ1v) is 11.9. The zero-order chi connectivity index (χ0) is 22.3. The molecule has 1 amide bonds. The van der Waals surface area contributed by atoms with E-state index >= 15 is 0 Å². The van der Waals surface area contributed by atoms with Crippen LogP contribution in [0.5, 0.6) is 0 Å². The summed E-state index contributed by atoms with van der Waals surface area (Å²) >= 11 is 0. The number of hydrogen-bond acceptors (Lipinski definition) is 4. The van der Waals surface area contributed by atoms with E-state index in [0.717, 1.165) is 30.1 Å². The molecular weight excluding hydrogens is 426 g/mol. The quantitative estimate of drug-likeness (QED) is 0.670. The second kappa shape index (κ2) is 8.35. The fourth-order valence-electron chi connectivity index (χ4n) is 4.15. The Labute approximate surface area is 180 Å². The van der Waals surface area contributed by atoms with Crippen molar-refractivity contribution in [2.24, 2.45) is 11.8 Å². The molecule has 31 heavy (non-hydrogen) atoms. The SMILES string of the molecule is C[C@@H]1C[C@H]1c1ccc(CN(C)C(=O)C2CCN(S(=O)(=O)c3ccc(F)c(F)c3)CC2)o1. The van der Waals surface area contributed by atoms with Crippen LogP contribution in [0.25, 0.3) is 0 Å². The van der Waals surface area contributed by atoms with Crippen molar-refractivity contribution in [1.29, 1.82) is 0 Å². The molecule has 168 valence electrons. The van der Waals surface area contributed by atoms with Crippen molar-refractivity contribution in [1.82, 2.24) is 9.21 Å². The van der Waals surface area contributed by atoms with Gasteiger partial charge >= 0.3 is 0 Å². The highest BCUT2D eigenvalue weighted by atomic mass is 32.2. The standard InChI is InChI=1S/C22H26F2N2O4S/c1-14-11-18(14)21-6-3-16(30-21)13-25(2)22(27)15-7-9-26(10-8-15)31(28,29)17-4-5-19(23)20(24)12-17/h3-6,12,14-15,18H,7-11,13H2,1-2H3/t14-,18-/m1/s1. The highest BCUT2D eigenvalue weighted by Gasteiger charge is 2.37. The summed E-state index contributed by atoms with van der Waals surface area (Å²) in [4.78, 5) is 14.2. The third-order valence-corrected chi connectivity index (χ3v) is 8.15. The second-order valence-corrected chi connectivity index (χ2v) is 10.5. The molecule has 1 saturated carbocycles. The summed E-state index contributed by atoms with van der Waals surface area (Å²) < 4.78 is 59.1. The predicted octanol–water partition coefficient (Wildman–Crippen LogP) is 3.74. The zero-order valence-corrected chi connectivity index (χ0v) is 18.4. The maximum Gasteiger partial charge on any atom is 0.243 e. The first-order valence-electron chi connectivity index (χ1n) is 10.5. The van der Waals surface area contributed by atoms with Crippen LogP contribution in [0.1, 0.15) is 43.6 Å². The lowest BCUT2D eigenvalue weighted by Crippen LogP contribution is -2.43. The molecule has 4 rings (SSSR count). The molecule has 1 aliphatic heterocycles. The van der Waals surface area contributed by atoms with Gasteiger partial charge in [-0.05, 0) is 55.5 Å². The molecule has 0 unspecified atom stereocenters. The fraction of sp³-hybridized carbons (Fsp3) is 0.500. The van der Waals surface area contributed by atoms with Crippen molar-refractivity contribution in [2.75, 3.05) is 20.1 Å². The molecule has 6 nitrogen and oxygen atoms in total. The first-order chi connectivity index (χ1) is 14.7. The number of amides is 1. The van der Waals surface area contributed by atoms with Gasteiger partial charge in [-0.25, -0.2) is 17.2 Å². The van der Waals surface area contributed by atoms with Crippen molar-refractivity contribution < 1.29 is 26.4 Å². The second-order valence-electron chi connectivity index (χ2n) is 8.57. The van der Waals surface area contributed by atoms with E-state index in [0.29, 0.717) is 37.3 Å². The number of piperidine rings is 1. The Balaban J connectivity index is 1.33. The van der Waals surface area contributed by atoms with Gasteiger partial charge < -0.3 is 9.32 Å². The molecule has 1 aromatic heterocycles. The molecule has 2 aliphatic rings. The molecule has 9 heteroatoms. The third kappa shape index (κ3) is 4.52. The third-order valence-electron chi connectivity index (χ3n) is 6.26. The summed E-state index contributed by atoms with van der Waals surface area (Å²) in [6, 6.07) is 6.43. The topological polar surface area (TPSA) is 70.8 Å². The Kier molecular flexibility index (Phi) is 5.91. The largest absolute Gasteiger partial charge is 0.464 e. The van der Waals surface area contributed by atoms with E-state index in [1.165, 1.54) is 4.31 Å². The van der Waals surface area contributed by atoms with Crippen LogP contribution in [-0.2, 0) is 21.4 Å². The van der Waals surface area contributed by atoms with Crippen molar-refractivity contribution in [2.45, 2.75) is 43.5 Å². The lowest BCUT2D eigenvalue weighted by atomic mass is 9.96. The van der Waals surface area contributed by atoms with E-state index in [4.69, 9.17) is 4.42 Å². The van der Waals surface area contributed by atoms with E-state index in [1.807, 2.05) is 12.1 Å². The van der Waals surface area contributed by atoms with Crippen LogP contribution in [0, 0.1) is 23.5 Å². The highest BCUT2D eigenvalue weighted by Crippen LogP contribution is 2.47. The summed E-state index contributed by atoms with van der Waals surface area (Å²) in [6.45, 7) is 2.85. The maximum absolute atomic E-state index is 13.5. The molecule has 2 fully saturated rings. The minimum absolute atomic E-state index is 0.0531. The van der Waals surface area contributed by atoms with Crippen LogP contribution in [-0.4, -0.2) is 43.7 Å². The van der Waals surface area contributed by atoms with E-state index in [9.17, 15) is 22.0 Å². The Hall–Kier alpha value is -2.26. The molecule has 2 aromatic rings. The number of benzene rings is 1. The van der Waals surface area contributed by atoms with Gasteiger partial charge in [0.2, 0.25) is 15.9 Å². The first kappa shape index (κ1) is 22.0. The molecule has 2 atom stereocenters. The van der Waals surface area contributed by atoms with Crippen LogP contribution in [0.2, 0.25) is 0 Å². The summed E-state index contributed by atoms with van der Waals surface area (Å²) in [5, 5.41) is 0. The molecule has 1 aromatic carbocycles. The molecule has 0 radical (unpaired) electrons. The summed E-state index contributed by atoms with van der Waals surface area (Å²) in [7, 11) is -2.22. The number of furan rings is 1. The smallest absolute Gasteiger partial charge is 0.243 e. The molecule has 0 bridgehead atoms. The zero-order valence-electron chi connectivity index (χ0n) is 17.6. The summed E-state index contributed by atoms with van der Waals surface area (Å²) in [5.74, 6) is 0.192. The van der Waals surface area contributed by atoms with Gasteiger partial charge in [0, 0.05) is 32.0 Å². The Bertz CT molecular complexity index is 1080. The Morgan fingerprint density at radius 2 is 1.84 bits per heavy atom. The van der Waals surface area contributed by atoms with E-state index in [2.05, 4.69) is 6.92 Å². The number of halogens is 2. The van der Waals surface area contributed by atoms with E-state index < -0.39 is 21.7 Å².